The van der Waals surface area contributed by atoms with Gasteiger partial charge in [-0.3, -0.25) is 9.69 Å². The van der Waals surface area contributed by atoms with Crippen LogP contribution in [0.25, 0.3) is 11.4 Å². The van der Waals surface area contributed by atoms with E-state index in [4.69, 9.17) is 44.1 Å². The van der Waals surface area contributed by atoms with Gasteiger partial charge in [0.1, 0.15) is 12.4 Å². The molecule has 174 valence electrons. The monoisotopic (exact) mass is 508 g/mol. The summed E-state index contributed by atoms with van der Waals surface area (Å²) in [6, 6.07) is 12.4. The topological polar surface area (TPSA) is 80.5 Å². The van der Waals surface area contributed by atoms with Gasteiger partial charge in [0.2, 0.25) is 17.6 Å². The number of halogens is 3. The number of rotatable bonds is 8. The third-order valence-electron chi connectivity index (χ3n) is 5.37. The highest BCUT2D eigenvalue weighted by atomic mass is 35.5. The standard InChI is InChI=1S/C23H23Cl3N4O3/c24-16-7-8-17(19(26)12-16)22-28-21(33-29-22)14-30-10-3-4-15(13-30)23(31)27-9-11-32-20-6-2-1-5-18(20)25/h1-2,5-8,12,15H,3-4,9-11,13-14H2,(H,27,31). The summed E-state index contributed by atoms with van der Waals surface area (Å²) in [5, 5.41) is 8.54. The molecule has 1 saturated heterocycles. The second-order valence-electron chi connectivity index (χ2n) is 7.78. The predicted molar refractivity (Wildman–Crippen MR) is 128 cm³/mol. The Balaban J connectivity index is 1.26. The van der Waals surface area contributed by atoms with Crippen LogP contribution in [0.15, 0.2) is 47.0 Å². The van der Waals surface area contributed by atoms with E-state index < -0.39 is 0 Å². The van der Waals surface area contributed by atoms with Crippen molar-refractivity contribution in [3.63, 3.8) is 0 Å². The molecule has 0 aliphatic carbocycles. The van der Waals surface area contributed by atoms with Crippen molar-refractivity contribution in [1.82, 2.24) is 20.4 Å². The van der Waals surface area contributed by atoms with Gasteiger partial charge >= 0.3 is 0 Å². The Morgan fingerprint density at radius 1 is 1.18 bits per heavy atom. The van der Waals surface area contributed by atoms with Crippen LogP contribution in [0.3, 0.4) is 0 Å². The number of likely N-dealkylation sites (tertiary alicyclic amines) is 1. The Hall–Kier alpha value is -2.32. The fraction of sp³-hybridized carbons (Fsp3) is 0.348. The van der Waals surface area contributed by atoms with Gasteiger partial charge in [0.05, 0.1) is 29.1 Å². The van der Waals surface area contributed by atoms with E-state index in [1.165, 1.54) is 0 Å². The molecule has 1 aliphatic heterocycles. The summed E-state index contributed by atoms with van der Waals surface area (Å²) >= 11 is 18.3. The molecule has 1 unspecified atom stereocenters. The molecule has 3 aromatic rings. The van der Waals surface area contributed by atoms with E-state index in [1.54, 1.807) is 30.3 Å². The number of aromatic nitrogens is 2. The normalized spacial score (nSPS) is 16.5. The van der Waals surface area contributed by atoms with Gasteiger partial charge in [-0.15, -0.1) is 0 Å². The molecule has 0 spiro atoms. The third-order valence-corrected chi connectivity index (χ3v) is 6.23. The van der Waals surface area contributed by atoms with E-state index in [-0.39, 0.29) is 11.8 Å². The van der Waals surface area contributed by atoms with Crippen molar-refractivity contribution in [2.45, 2.75) is 19.4 Å². The second-order valence-corrected chi connectivity index (χ2v) is 9.03. The van der Waals surface area contributed by atoms with Gasteiger partial charge in [0.25, 0.3) is 0 Å². The van der Waals surface area contributed by atoms with E-state index in [0.29, 0.717) is 64.3 Å². The Morgan fingerprint density at radius 3 is 2.85 bits per heavy atom. The lowest BCUT2D eigenvalue weighted by atomic mass is 9.97. The van der Waals surface area contributed by atoms with Crippen LogP contribution in [0.2, 0.25) is 15.1 Å². The van der Waals surface area contributed by atoms with Gasteiger partial charge in [0, 0.05) is 17.1 Å². The summed E-state index contributed by atoms with van der Waals surface area (Å²) in [6.45, 7) is 2.71. The SMILES string of the molecule is O=C(NCCOc1ccccc1Cl)C1CCCN(Cc2nc(-c3ccc(Cl)cc3Cl)no2)C1. The Kier molecular flexibility index (Phi) is 8.09. The van der Waals surface area contributed by atoms with Crippen molar-refractivity contribution in [3.8, 4) is 17.1 Å². The average Bonchev–Trinajstić information content (AvgIpc) is 3.26. The number of ether oxygens (including phenoxy) is 1. The molecule has 2 heterocycles. The van der Waals surface area contributed by atoms with Crippen LogP contribution >= 0.6 is 34.8 Å². The van der Waals surface area contributed by atoms with Crippen LogP contribution < -0.4 is 10.1 Å². The molecule has 7 nitrogen and oxygen atoms in total. The molecule has 10 heteroatoms. The van der Waals surface area contributed by atoms with Crippen molar-refractivity contribution >= 4 is 40.7 Å². The van der Waals surface area contributed by atoms with Crippen molar-refractivity contribution < 1.29 is 14.1 Å². The fourth-order valence-electron chi connectivity index (χ4n) is 3.75. The third kappa shape index (κ3) is 6.38. The maximum absolute atomic E-state index is 12.6. The van der Waals surface area contributed by atoms with E-state index in [0.717, 1.165) is 19.4 Å². The molecule has 0 bridgehead atoms. The number of amides is 1. The van der Waals surface area contributed by atoms with Crippen LogP contribution in [-0.2, 0) is 11.3 Å². The molecule has 1 atom stereocenters. The molecule has 4 rings (SSSR count). The van der Waals surface area contributed by atoms with Crippen LogP contribution in [0, 0.1) is 5.92 Å². The van der Waals surface area contributed by atoms with Crippen molar-refractivity contribution in [1.29, 1.82) is 0 Å². The lowest BCUT2D eigenvalue weighted by Crippen LogP contribution is -2.43. The number of nitrogens with one attached hydrogen (secondary N) is 1. The van der Waals surface area contributed by atoms with Crippen molar-refractivity contribution in [2.24, 2.45) is 5.92 Å². The molecule has 0 radical (unpaired) electrons. The van der Waals surface area contributed by atoms with Crippen LogP contribution in [0.1, 0.15) is 18.7 Å². The number of hydrogen-bond acceptors (Lipinski definition) is 6. The summed E-state index contributed by atoms with van der Waals surface area (Å²) < 4.78 is 11.0. The molecule has 1 amide bonds. The van der Waals surface area contributed by atoms with Crippen molar-refractivity contribution in [3.05, 3.63) is 63.4 Å². The smallest absolute Gasteiger partial charge is 0.241 e. The van der Waals surface area contributed by atoms with Gasteiger partial charge in [-0.1, -0.05) is 52.1 Å². The quantitative estimate of drug-likeness (QED) is 0.425. The van der Waals surface area contributed by atoms with Crippen LogP contribution in [0.4, 0.5) is 0 Å². The van der Waals surface area contributed by atoms with E-state index in [9.17, 15) is 4.79 Å². The molecule has 1 fully saturated rings. The second kappa shape index (κ2) is 11.2. The lowest BCUT2D eigenvalue weighted by molar-refractivity contribution is -0.126. The zero-order chi connectivity index (χ0) is 23.2. The van der Waals surface area contributed by atoms with Gasteiger partial charge < -0.3 is 14.6 Å². The maximum Gasteiger partial charge on any atom is 0.241 e. The van der Waals surface area contributed by atoms with Gasteiger partial charge in [0.15, 0.2) is 0 Å². The largest absolute Gasteiger partial charge is 0.490 e. The van der Waals surface area contributed by atoms with E-state index in [2.05, 4.69) is 20.4 Å². The van der Waals surface area contributed by atoms with Gasteiger partial charge in [-0.25, -0.2) is 0 Å². The summed E-state index contributed by atoms with van der Waals surface area (Å²) in [4.78, 5) is 19.2. The van der Waals surface area contributed by atoms with Crippen LogP contribution in [0.5, 0.6) is 5.75 Å². The molecule has 0 saturated carbocycles. The van der Waals surface area contributed by atoms with Gasteiger partial charge in [-0.05, 0) is 49.7 Å². The zero-order valence-electron chi connectivity index (χ0n) is 17.8. The predicted octanol–water partition coefficient (Wildman–Crippen LogP) is 5.10. The molecule has 1 aromatic heterocycles. The zero-order valence-corrected chi connectivity index (χ0v) is 20.0. The number of nitrogens with zero attached hydrogens (tertiary/aromatic N) is 3. The minimum atomic E-state index is -0.104. The molecule has 33 heavy (non-hydrogen) atoms. The summed E-state index contributed by atoms with van der Waals surface area (Å²) in [7, 11) is 0. The maximum atomic E-state index is 12.6. The van der Waals surface area contributed by atoms with Crippen LogP contribution in [-0.4, -0.2) is 47.2 Å². The first-order chi connectivity index (χ1) is 16.0. The molecule has 1 aliphatic rings. The number of hydrogen-bond donors (Lipinski definition) is 1. The fourth-order valence-corrected chi connectivity index (χ4v) is 4.43. The first kappa shape index (κ1) is 23.8. The van der Waals surface area contributed by atoms with E-state index in [1.807, 2.05) is 12.1 Å². The Bertz CT molecular complexity index is 1110. The summed E-state index contributed by atoms with van der Waals surface area (Å²) in [5.41, 5.74) is 0.658. The number of carbonyl (C=O) groups is 1. The average molecular weight is 510 g/mol. The minimum Gasteiger partial charge on any atom is -0.490 e. The van der Waals surface area contributed by atoms with Gasteiger partial charge in [-0.2, -0.15) is 4.98 Å². The number of piperidine rings is 1. The number of benzene rings is 2. The molecular weight excluding hydrogens is 487 g/mol. The van der Waals surface area contributed by atoms with Crippen molar-refractivity contribution in [2.75, 3.05) is 26.2 Å². The molecule has 1 N–H and O–H groups in total. The molecule has 2 aromatic carbocycles. The summed E-state index contributed by atoms with van der Waals surface area (Å²) in [5.74, 6) is 1.41. The summed E-state index contributed by atoms with van der Waals surface area (Å²) in [6.07, 6.45) is 1.75. The highest BCUT2D eigenvalue weighted by molar-refractivity contribution is 6.36. The minimum absolute atomic E-state index is 0.0154. The molecular formula is C23H23Cl3N4O3. The number of carbonyl (C=O) groups excluding carboxylic acids is 1. The first-order valence-corrected chi connectivity index (χ1v) is 11.8. The highest BCUT2D eigenvalue weighted by Gasteiger charge is 2.27. The number of para-hydroxylation sites is 1. The van der Waals surface area contributed by atoms with E-state index >= 15 is 0 Å². The Morgan fingerprint density at radius 2 is 2.03 bits per heavy atom. The highest BCUT2D eigenvalue weighted by Crippen LogP contribution is 2.29. The lowest BCUT2D eigenvalue weighted by Gasteiger charge is -2.30. The Labute approximate surface area is 207 Å². The first-order valence-electron chi connectivity index (χ1n) is 10.6.